The monoisotopic (exact) mass is 284 g/mol. The molecule has 1 aromatic rings. The second kappa shape index (κ2) is 8.79. The third kappa shape index (κ3) is 4.67. The molecule has 0 aromatic heterocycles. The number of benzene rings is 1. The number of methoxy groups -OCH3 is 3. The molecular weight excluding hydrogens is 260 g/mol. The maximum absolute atomic E-state index is 5.62. The summed E-state index contributed by atoms with van der Waals surface area (Å²) in [5.74, 6) is 1.71. The van der Waals surface area contributed by atoms with Crippen molar-refractivity contribution in [1.29, 1.82) is 0 Å². The molecule has 114 valence electrons. The van der Waals surface area contributed by atoms with Crippen LogP contribution in [0.15, 0.2) is 18.2 Å². The minimum absolute atomic E-state index is 0.0432. The number of hydrogen-bond acceptors (Lipinski definition) is 5. The summed E-state index contributed by atoms with van der Waals surface area (Å²) in [6.45, 7) is 4.57. The van der Waals surface area contributed by atoms with Gasteiger partial charge in [-0.3, -0.25) is 0 Å². The SMILES string of the molecule is COCOc1ccc([C@@H](OC)C(C)C)c(OCOC)c1. The lowest BCUT2D eigenvalue weighted by Gasteiger charge is -2.23. The summed E-state index contributed by atoms with van der Waals surface area (Å²) in [5.41, 5.74) is 0.976. The van der Waals surface area contributed by atoms with Crippen LogP contribution in [0.1, 0.15) is 25.5 Å². The van der Waals surface area contributed by atoms with E-state index in [1.165, 1.54) is 0 Å². The van der Waals surface area contributed by atoms with Gasteiger partial charge in [-0.2, -0.15) is 0 Å². The van der Waals surface area contributed by atoms with Crippen LogP contribution in [0.2, 0.25) is 0 Å². The fraction of sp³-hybridized carbons (Fsp3) is 0.600. The van der Waals surface area contributed by atoms with Crippen LogP contribution >= 0.6 is 0 Å². The fourth-order valence-electron chi connectivity index (χ4n) is 1.97. The van der Waals surface area contributed by atoms with Gasteiger partial charge in [-0.1, -0.05) is 13.8 Å². The molecule has 0 radical (unpaired) electrons. The summed E-state index contributed by atoms with van der Waals surface area (Å²) < 4.78 is 26.4. The van der Waals surface area contributed by atoms with Crippen LogP contribution in [0.4, 0.5) is 0 Å². The van der Waals surface area contributed by atoms with E-state index in [4.69, 9.17) is 23.7 Å². The van der Waals surface area contributed by atoms with Crippen molar-refractivity contribution in [1.82, 2.24) is 0 Å². The number of rotatable bonds is 9. The molecule has 0 spiro atoms. The van der Waals surface area contributed by atoms with Crippen LogP contribution in [0.5, 0.6) is 11.5 Å². The smallest absolute Gasteiger partial charge is 0.188 e. The molecule has 0 saturated heterocycles. The number of hydrogen-bond donors (Lipinski definition) is 0. The molecule has 0 unspecified atom stereocenters. The topological polar surface area (TPSA) is 46.2 Å². The first-order chi connectivity index (χ1) is 9.63. The van der Waals surface area contributed by atoms with Crippen molar-refractivity contribution >= 4 is 0 Å². The summed E-state index contributed by atoms with van der Waals surface area (Å²) >= 11 is 0. The van der Waals surface area contributed by atoms with Gasteiger partial charge in [0.15, 0.2) is 13.6 Å². The standard InChI is InChI=1S/C15H24O5/c1-11(2)15(18-5)13-7-6-12(19-9-16-3)8-14(13)20-10-17-4/h6-8,11,15H,9-10H2,1-5H3/t15-/m0/s1. The zero-order chi connectivity index (χ0) is 15.0. The van der Waals surface area contributed by atoms with Gasteiger partial charge in [0.05, 0.1) is 6.10 Å². The molecule has 0 aliphatic carbocycles. The highest BCUT2D eigenvalue weighted by atomic mass is 16.7. The van der Waals surface area contributed by atoms with Crippen LogP contribution in [-0.2, 0) is 14.2 Å². The maximum atomic E-state index is 5.62. The molecule has 0 N–H and O–H groups in total. The van der Waals surface area contributed by atoms with Crippen molar-refractivity contribution in [2.24, 2.45) is 5.92 Å². The minimum Gasteiger partial charge on any atom is -0.467 e. The Balaban J connectivity index is 3.01. The molecule has 5 heteroatoms. The van der Waals surface area contributed by atoms with E-state index in [1.54, 1.807) is 21.3 Å². The minimum atomic E-state index is -0.0432. The molecule has 1 aromatic carbocycles. The summed E-state index contributed by atoms with van der Waals surface area (Å²) in [7, 11) is 4.86. The van der Waals surface area contributed by atoms with Crippen molar-refractivity contribution in [3.8, 4) is 11.5 Å². The molecule has 0 saturated carbocycles. The van der Waals surface area contributed by atoms with Gasteiger partial charge in [0.25, 0.3) is 0 Å². The lowest BCUT2D eigenvalue weighted by Crippen LogP contribution is -2.12. The van der Waals surface area contributed by atoms with Crippen molar-refractivity contribution in [2.45, 2.75) is 20.0 Å². The van der Waals surface area contributed by atoms with E-state index >= 15 is 0 Å². The molecule has 0 amide bonds. The molecule has 1 rings (SSSR count). The van der Waals surface area contributed by atoms with E-state index < -0.39 is 0 Å². The molecular formula is C15H24O5. The van der Waals surface area contributed by atoms with Gasteiger partial charge in [0.2, 0.25) is 0 Å². The van der Waals surface area contributed by atoms with Crippen LogP contribution in [0.3, 0.4) is 0 Å². The van der Waals surface area contributed by atoms with Gasteiger partial charge < -0.3 is 23.7 Å². The Kier molecular flexibility index (Phi) is 7.36. The first-order valence-electron chi connectivity index (χ1n) is 6.54. The molecule has 0 heterocycles. The lowest BCUT2D eigenvalue weighted by molar-refractivity contribution is 0.0358. The van der Waals surface area contributed by atoms with Gasteiger partial charge in [-0.05, 0) is 18.1 Å². The Labute approximate surface area is 120 Å². The molecule has 20 heavy (non-hydrogen) atoms. The van der Waals surface area contributed by atoms with Crippen molar-refractivity contribution < 1.29 is 23.7 Å². The first kappa shape index (κ1) is 16.8. The third-order valence-corrected chi connectivity index (χ3v) is 2.83. The van der Waals surface area contributed by atoms with Gasteiger partial charge in [-0.15, -0.1) is 0 Å². The fourth-order valence-corrected chi connectivity index (χ4v) is 1.97. The largest absolute Gasteiger partial charge is 0.467 e. The Morgan fingerprint density at radius 1 is 0.950 bits per heavy atom. The van der Waals surface area contributed by atoms with E-state index in [0.29, 0.717) is 17.4 Å². The highest BCUT2D eigenvalue weighted by Gasteiger charge is 2.20. The van der Waals surface area contributed by atoms with Gasteiger partial charge in [0.1, 0.15) is 11.5 Å². The Hall–Kier alpha value is -1.30. The molecule has 0 aliphatic heterocycles. The highest BCUT2D eigenvalue weighted by molar-refractivity contribution is 5.42. The quantitative estimate of drug-likeness (QED) is 0.652. The van der Waals surface area contributed by atoms with E-state index in [0.717, 1.165) is 5.56 Å². The summed E-state index contributed by atoms with van der Waals surface area (Å²) in [6.07, 6.45) is -0.0432. The summed E-state index contributed by atoms with van der Waals surface area (Å²) in [4.78, 5) is 0. The van der Waals surface area contributed by atoms with Crippen molar-refractivity contribution in [2.75, 3.05) is 34.9 Å². The maximum Gasteiger partial charge on any atom is 0.188 e. The number of ether oxygens (including phenoxy) is 5. The van der Waals surface area contributed by atoms with Crippen LogP contribution in [0.25, 0.3) is 0 Å². The van der Waals surface area contributed by atoms with E-state index in [-0.39, 0.29) is 19.7 Å². The van der Waals surface area contributed by atoms with Gasteiger partial charge in [0, 0.05) is 33.0 Å². The van der Waals surface area contributed by atoms with E-state index in [1.807, 2.05) is 18.2 Å². The van der Waals surface area contributed by atoms with E-state index in [9.17, 15) is 0 Å². The van der Waals surface area contributed by atoms with Gasteiger partial charge >= 0.3 is 0 Å². The molecule has 5 nitrogen and oxygen atoms in total. The van der Waals surface area contributed by atoms with Crippen LogP contribution < -0.4 is 9.47 Å². The lowest BCUT2D eigenvalue weighted by atomic mass is 9.98. The Morgan fingerprint density at radius 2 is 1.60 bits per heavy atom. The first-order valence-corrected chi connectivity index (χ1v) is 6.54. The third-order valence-electron chi connectivity index (χ3n) is 2.83. The summed E-state index contributed by atoms with van der Waals surface area (Å²) in [5, 5.41) is 0. The predicted molar refractivity (Wildman–Crippen MR) is 76.0 cm³/mol. The molecule has 0 bridgehead atoms. The van der Waals surface area contributed by atoms with Crippen LogP contribution in [0, 0.1) is 5.92 Å². The predicted octanol–water partition coefficient (Wildman–Crippen LogP) is 3.00. The Morgan fingerprint density at radius 3 is 2.15 bits per heavy atom. The normalized spacial score (nSPS) is 12.5. The van der Waals surface area contributed by atoms with Crippen molar-refractivity contribution in [3.05, 3.63) is 23.8 Å². The molecule has 0 aliphatic rings. The zero-order valence-electron chi connectivity index (χ0n) is 12.8. The Bertz CT molecular complexity index is 392. The van der Waals surface area contributed by atoms with E-state index in [2.05, 4.69) is 13.8 Å². The second-order valence-electron chi connectivity index (χ2n) is 4.70. The molecule has 1 atom stereocenters. The summed E-state index contributed by atoms with van der Waals surface area (Å²) in [6, 6.07) is 5.65. The highest BCUT2D eigenvalue weighted by Crippen LogP contribution is 2.35. The van der Waals surface area contributed by atoms with Crippen LogP contribution in [-0.4, -0.2) is 34.9 Å². The molecule has 0 fully saturated rings. The second-order valence-corrected chi connectivity index (χ2v) is 4.70. The zero-order valence-corrected chi connectivity index (χ0v) is 12.8. The average Bonchev–Trinajstić information content (AvgIpc) is 2.44. The van der Waals surface area contributed by atoms with Crippen molar-refractivity contribution in [3.63, 3.8) is 0 Å². The average molecular weight is 284 g/mol. The van der Waals surface area contributed by atoms with Gasteiger partial charge in [-0.25, -0.2) is 0 Å².